The molecule has 1 amide bonds. The fourth-order valence-corrected chi connectivity index (χ4v) is 3.72. The monoisotopic (exact) mass is 346 g/mol. The second kappa shape index (κ2) is 7.70. The fourth-order valence-electron chi connectivity index (χ4n) is 2.82. The third kappa shape index (κ3) is 3.56. The number of amides is 1. The molecule has 0 atom stereocenters. The second-order valence-corrected chi connectivity index (χ2v) is 6.60. The molecule has 7 heteroatoms. The summed E-state index contributed by atoms with van der Waals surface area (Å²) in [7, 11) is 1.65. The number of benzene rings is 1. The van der Waals surface area contributed by atoms with Crippen LogP contribution in [0.2, 0.25) is 0 Å². The zero-order chi connectivity index (χ0) is 16.9. The van der Waals surface area contributed by atoms with Crippen LogP contribution < -0.4 is 4.74 Å². The lowest BCUT2D eigenvalue weighted by atomic mass is 10.2. The Balaban J connectivity index is 1.72. The summed E-state index contributed by atoms with van der Waals surface area (Å²) in [6.07, 6.45) is 2.23. The van der Waals surface area contributed by atoms with Gasteiger partial charge in [0.1, 0.15) is 5.75 Å². The van der Waals surface area contributed by atoms with Crippen molar-refractivity contribution >= 4 is 17.7 Å². The van der Waals surface area contributed by atoms with E-state index in [0.717, 1.165) is 54.8 Å². The highest BCUT2D eigenvalue weighted by molar-refractivity contribution is 7.99. The van der Waals surface area contributed by atoms with Crippen LogP contribution in [0.3, 0.4) is 0 Å². The minimum Gasteiger partial charge on any atom is -0.497 e. The minimum atomic E-state index is 0.189. The molecule has 24 heavy (non-hydrogen) atoms. The van der Waals surface area contributed by atoms with Crippen molar-refractivity contribution < 1.29 is 9.53 Å². The van der Waals surface area contributed by atoms with Gasteiger partial charge in [-0.3, -0.25) is 4.79 Å². The van der Waals surface area contributed by atoms with Crippen LogP contribution in [-0.4, -0.2) is 51.5 Å². The predicted molar refractivity (Wildman–Crippen MR) is 94.2 cm³/mol. The van der Waals surface area contributed by atoms with Crippen molar-refractivity contribution in [1.29, 1.82) is 0 Å². The standard InChI is InChI=1S/C17H22N4O2S/c1-3-21-16(13-6-8-14(23-2)9-7-13)18-19-17(21)24-12-15(22)20-10-4-5-11-20/h6-9H,3-5,10-12H2,1-2H3. The van der Waals surface area contributed by atoms with E-state index in [2.05, 4.69) is 17.1 Å². The Morgan fingerprint density at radius 3 is 2.54 bits per heavy atom. The highest BCUT2D eigenvalue weighted by atomic mass is 32.2. The molecule has 2 heterocycles. The lowest BCUT2D eigenvalue weighted by molar-refractivity contribution is -0.127. The van der Waals surface area contributed by atoms with E-state index in [-0.39, 0.29) is 5.91 Å². The number of likely N-dealkylation sites (tertiary alicyclic amines) is 1. The smallest absolute Gasteiger partial charge is 0.233 e. The molecule has 1 aliphatic rings. The predicted octanol–water partition coefficient (Wildman–Crippen LogP) is 2.69. The number of nitrogens with zero attached hydrogens (tertiary/aromatic N) is 4. The molecule has 1 aromatic heterocycles. The third-order valence-electron chi connectivity index (χ3n) is 4.16. The largest absolute Gasteiger partial charge is 0.497 e. The van der Waals surface area contributed by atoms with Crippen molar-refractivity contribution in [2.75, 3.05) is 26.0 Å². The Kier molecular flexibility index (Phi) is 5.40. The maximum Gasteiger partial charge on any atom is 0.233 e. The van der Waals surface area contributed by atoms with E-state index in [4.69, 9.17) is 4.74 Å². The maximum atomic E-state index is 12.2. The molecule has 0 N–H and O–H groups in total. The molecular formula is C17H22N4O2S. The number of carbonyl (C=O) groups excluding carboxylic acids is 1. The highest BCUT2D eigenvalue weighted by Gasteiger charge is 2.20. The summed E-state index contributed by atoms with van der Waals surface area (Å²) in [6.45, 7) is 4.59. The fraction of sp³-hybridized carbons (Fsp3) is 0.471. The molecule has 0 saturated carbocycles. The van der Waals surface area contributed by atoms with E-state index >= 15 is 0 Å². The van der Waals surface area contributed by atoms with Crippen LogP contribution in [0, 0.1) is 0 Å². The molecule has 0 bridgehead atoms. The van der Waals surface area contributed by atoms with Crippen LogP contribution in [0.15, 0.2) is 29.4 Å². The number of thioether (sulfide) groups is 1. The van der Waals surface area contributed by atoms with Crippen LogP contribution in [0.5, 0.6) is 5.75 Å². The first-order chi connectivity index (χ1) is 11.7. The lowest BCUT2D eigenvalue weighted by Gasteiger charge is -2.14. The molecule has 0 spiro atoms. The van der Waals surface area contributed by atoms with Gasteiger partial charge in [0.15, 0.2) is 11.0 Å². The summed E-state index contributed by atoms with van der Waals surface area (Å²) in [6, 6.07) is 7.76. The Morgan fingerprint density at radius 1 is 1.21 bits per heavy atom. The first-order valence-corrected chi connectivity index (χ1v) is 9.19. The van der Waals surface area contributed by atoms with Crippen molar-refractivity contribution in [2.24, 2.45) is 0 Å². The molecule has 0 unspecified atom stereocenters. The van der Waals surface area contributed by atoms with Crippen LogP contribution in [0.4, 0.5) is 0 Å². The zero-order valence-corrected chi connectivity index (χ0v) is 14.9. The van der Waals surface area contributed by atoms with Gasteiger partial charge in [-0.2, -0.15) is 0 Å². The summed E-state index contributed by atoms with van der Waals surface area (Å²) >= 11 is 1.46. The van der Waals surface area contributed by atoms with E-state index in [1.54, 1.807) is 7.11 Å². The molecule has 1 fully saturated rings. The van der Waals surface area contributed by atoms with Gasteiger partial charge in [0, 0.05) is 25.2 Å². The van der Waals surface area contributed by atoms with E-state index in [9.17, 15) is 4.79 Å². The first-order valence-electron chi connectivity index (χ1n) is 8.21. The van der Waals surface area contributed by atoms with Gasteiger partial charge < -0.3 is 14.2 Å². The molecule has 3 rings (SSSR count). The van der Waals surface area contributed by atoms with Crippen LogP contribution >= 0.6 is 11.8 Å². The highest BCUT2D eigenvalue weighted by Crippen LogP contribution is 2.26. The molecular weight excluding hydrogens is 324 g/mol. The summed E-state index contributed by atoms with van der Waals surface area (Å²) in [5, 5.41) is 9.38. The average molecular weight is 346 g/mol. The van der Waals surface area contributed by atoms with Crippen molar-refractivity contribution in [3.8, 4) is 17.1 Å². The summed E-state index contributed by atoms with van der Waals surface area (Å²) in [5.41, 5.74) is 0.989. The Labute approximate surface area is 146 Å². The summed E-state index contributed by atoms with van der Waals surface area (Å²) in [5.74, 6) is 2.23. The minimum absolute atomic E-state index is 0.189. The molecule has 6 nitrogen and oxygen atoms in total. The van der Waals surface area contributed by atoms with E-state index < -0.39 is 0 Å². The number of hydrogen-bond acceptors (Lipinski definition) is 5. The van der Waals surface area contributed by atoms with Crippen molar-refractivity contribution in [1.82, 2.24) is 19.7 Å². The van der Waals surface area contributed by atoms with E-state index in [1.807, 2.05) is 33.7 Å². The molecule has 1 aromatic carbocycles. The molecule has 2 aromatic rings. The Morgan fingerprint density at radius 2 is 1.92 bits per heavy atom. The second-order valence-electron chi connectivity index (χ2n) is 5.66. The number of carbonyl (C=O) groups is 1. The normalized spacial score (nSPS) is 14.2. The SMILES string of the molecule is CCn1c(SCC(=O)N2CCCC2)nnc1-c1ccc(OC)cc1. The van der Waals surface area contributed by atoms with Crippen LogP contribution in [0.25, 0.3) is 11.4 Å². The Bertz CT molecular complexity index is 693. The number of aromatic nitrogens is 3. The van der Waals surface area contributed by atoms with Gasteiger partial charge >= 0.3 is 0 Å². The van der Waals surface area contributed by atoms with E-state index in [0.29, 0.717) is 5.75 Å². The van der Waals surface area contributed by atoms with Crippen LogP contribution in [-0.2, 0) is 11.3 Å². The van der Waals surface area contributed by atoms with Gasteiger partial charge in [-0.15, -0.1) is 10.2 Å². The summed E-state index contributed by atoms with van der Waals surface area (Å²) < 4.78 is 7.24. The van der Waals surface area contributed by atoms with Gasteiger partial charge in [0.05, 0.1) is 12.9 Å². The third-order valence-corrected chi connectivity index (χ3v) is 5.12. The molecule has 0 aliphatic carbocycles. The van der Waals surface area contributed by atoms with Gasteiger partial charge in [-0.25, -0.2) is 0 Å². The quantitative estimate of drug-likeness (QED) is 0.753. The molecule has 128 valence electrons. The van der Waals surface area contributed by atoms with Gasteiger partial charge in [0.2, 0.25) is 5.91 Å². The number of rotatable bonds is 6. The Hall–Kier alpha value is -2.02. The lowest BCUT2D eigenvalue weighted by Crippen LogP contribution is -2.29. The van der Waals surface area contributed by atoms with Crippen molar-refractivity contribution in [3.63, 3.8) is 0 Å². The number of hydrogen-bond donors (Lipinski definition) is 0. The van der Waals surface area contributed by atoms with Crippen molar-refractivity contribution in [2.45, 2.75) is 31.5 Å². The molecule has 0 radical (unpaired) electrons. The van der Waals surface area contributed by atoms with Crippen LogP contribution in [0.1, 0.15) is 19.8 Å². The van der Waals surface area contributed by atoms with Gasteiger partial charge in [0.25, 0.3) is 0 Å². The van der Waals surface area contributed by atoms with Gasteiger partial charge in [-0.05, 0) is 44.0 Å². The molecule has 1 aliphatic heterocycles. The zero-order valence-electron chi connectivity index (χ0n) is 14.1. The van der Waals surface area contributed by atoms with Crippen molar-refractivity contribution in [3.05, 3.63) is 24.3 Å². The van der Waals surface area contributed by atoms with E-state index in [1.165, 1.54) is 11.8 Å². The van der Waals surface area contributed by atoms with Gasteiger partial charge in [-0.1, -0.05) is 11.8 Å². The number of ether oxygens (including phenoxy) is 1. The molecule has 1 saturated heterocycles. The topological polar surface area (TPSA) is 60.2 Å². The average Bonchev–Trinajstić information content (AvgIpc) is 3.29. The first kappa shape index (κ1) is 16.8. The maximum absolute atomic E-state index is 12.2. The summed E-state index contributed by atoms with van der Waals surface area (Å²) in [4.78, 5) is 14.1. The number of methoxy groups -OCH3 is 1.